The molecule has 1 aliphatic rings. The molecule has 1 aliphatic heterocycles. The second-order valence-corrected chi connectivity index (χ2v) is 7.73. The number of methoxy groups -OCH3 is 2. The van der Waals surface area contributed by atoms with Crippen molar-refractivity contribution in [2.24, 2.45) is 0 Å². The summed E-state index contributed by atoms with van der Waals surface area (Å²) >= 11 is 0. The molecule has 0 aliphatic carbocycles. The van der Waals surface area contributed by atoms with Crippen LogP contribution in [0.3, 0.4) is 0 Å². The minimum atomic E-state index is -3.76. The third kappa shape index (κ3) is 3.55. The van der Waals surface area contributed by atoms with E-state index in [-0.39, 0.29) is 23.8 Å². The van der Waals surface area contributed by atoms with Crippen molar-refractivity contribution in [3.8, 4) is 5.75 Å². The van der Waals surface area contributed by atoms with Crippen molar-refractivity contribution in [2.45, 2.75) is 29.7 Å². The van der Waals surface area contributed by atoms with Crippen LogP contribution in [0.5, 0.6) is 5.75 Å². The van der Waals surface area contributed by atoms with Crippen LogP contribution in [-0.4, -0.2) is 58.6 Å². The molecule has 134 valence electrons. The van der Waals surface area contributed by atoms with Gasteiger partial charge in [0.15, 0.2) is 0 Å². The molecule has 1 heterocycles. The van der Waals surface area contributed by atoms with E-state index >= 15 is 0 Å². The number of carbonyl (C=O) groups is 1. The van der Waals surface area contributed by atoms with E-state index in [0.29, 0.717) is 25.1 Å². The number of hydrogen-bond acceptors (Lipinski definition) is 5. The predicted octanol–water partition coefficient (Wildman–Crippen LogP) is 1.00. The van der Waals surface area contributed by atoms with Gasteiger partial charge in [0.1, 0.15) is 5.75 Å². The average molecular weight is 356 g/mol. The van der Waals surface area contributed by atoms with Crippen LogP contribution >= 0.6 is 0 Å². The second kappa shape index (κ2) is 7.50. The van der Waals surface area contributed by atoms with E-state index in [0.717, 1.165) is 0 Å². The molecule has 1 amide bonds. The number of carbonyl (C=O) groups excluding carboxylic acids is 1. The Hall–Kier alpha value is -1.64. The number of rotatable bonds is 7. The van der Waals surface area contributed by atoms with Crippen LogP contribution in [0.15, 0.2) is 29.2 Å². The minimum Gasteiger partial charge on any atom is -0.497 e. The first-order valence-corrected chi connectivity index (χ1v) is 9.20. The van der Waals surface area contributed by atoms with Gasteiger partial charge >= 0.3 is 0 Å². The van der Waals surface area contributed by atoms with Crippen molar-refractivity contribution in [2.75, 3.05) is 34.4 Å². The first-order chi connectivity index (χ1) is 11.4. The van der Waals surface area contributed by atoms with Crippen LogP contribution in [0.25, 0.3) is 0 Å². The Kier molecular flexibility index (Phi) is 5.84. The van der Waals surface area contributed by atoms with E-state index in [9.17, 15) is 13.2 Å². The third-order valence-electron chi connectivity index (χ3n) is 4.34. The van der Waals surface area contributed by atoms with Crippen molar-refractivity contribution in [1.82, 2.24) is 9.62 Å². The quantitative estimate of drug-likeness (QED) is 0.788. The Morgan fingerprint density at radius 3 is 2.75 bits per heavy atom. The Bertz CT molecular complexity index is 691. The maximum Gasteiger partial charge on any atom is 0.243 e. The molecule has 0 bridgehead atoms. The van der Waals surface area contributed by atoms with Crippen LogP contribution in [0, 0.1) is 0 Å². The van der Waals surface area contributed by atoms with Crippen molar-refractivity contribution < 1.29 is 22.7 Å². The van der Waals surface area contributed by atoms with Gasteiger partial charge in [0.25, 0.3) is 0 Å². The number of nitrogens with one attached hydrogen (secondary N) is 1. The Morgan fingerprint density at radius 2 is 2.12 bits per heavy atom. The maximum atomic E-state index is 13.1. The van der Waals surface area contributed by atoms with Crippen LogP contribution in [-0.2, 0) is 19.6 Å². The van der Waals surface area contributed by atoms with Crippen LogP contribution in [0.1, 0.15) is 19.3 Å². The summed E-state index contributed by atoms with van der Waals surface area (Å²) in [4.78, 5) is 12.1. The molecule has 24 heavy (non-hydrogen) atoms. The fourth-order valence-corrected chi connectivity index (χ4v) is 5.06. The molecular weight excluding hydrogens is 332 g/mol. The van der Waals surface area contributed by atoms with Gasteiger partial charge in [-0.15, -0.1) is 0 Å². The summed E-state index contributed by atoms with van der Waals surface area (Å²) in [5.74, 6) is 0.263. The lowest BCUT2D eigenvalue weighted by Gasteiger charge is -2.36. The summed E-state index contributed by atoms with van der Waals surface area (Å²) in [6.45, 7) is 0.531. The number of ether oxygens (including phenoxy) is 2. The predicted molar refractivity (Wildman–Crippen MR) is 89.4 cm³/mol. The van der Waals surface area contributed by atoms with Gasteiger partial charge in [0.2, 0.25) is 15.9 Å². The normalized spacial score (nSPS) is 21.6. The lowest BCUT2D eigenvalue weighted by Crippen LogP contribution is -2.52. The molecule has 0 aromatic heterocycles. The molecule has 0 saturated carbocycles. The van der Waals surface area contributed by atoms with Gasteiger partial charge in [0, 0.05) is 33.2 Å². The van der Waals surface area contributed by atoms with Gasteiger partial charge in [-0.25, -0.2) is 8.42 Å². The smallest absolute Gasteiger partial charge is 0.243 e. The highest BCUT2D eigenvalue weighted by Gasteiger charge is 2.48. The number of amides is 1. The van der Waals surface area contributed by atoms with E-state index in [1.54, 1.807) is 19.2 Å². The Morgan fingerprint density at radius 1 is 1.38 bits per heavy atom. The topological polar surface area (TPSA) is 84.9 Å². The molecule has 1 aromatic carbocycles. The van der Waals surface area contributed by atoms with Crippen molar-refractivity contribution in [1.29, 1.82) is 0 Å². The summed E-state index contributed by atoms with van der Waals surface area (Å²) in [7, 11) is 0.781. The molecule has 1 aromatic rings. The molecule has 1 saturated heterocycles. The molecule has 0 spiro atoms. The molecule has 0 unspecified atom stereocenters. The summed E-state index contributed by atoms with van der Waals surface area (Å²) < 4.78 is 38.1. The van der Waals surface area contributed by atoms with Crippen LogP contribution in [0.2, 0.25) is 0 Å². The molecule has 7 nitrogen and oxygen atoms in total. The highest BCUT2D eigenvalue weighted by atomic mass is 32.2. The summed E-state index contributed by atoms with van der Waals surface area (Å²) in [6.07, 6.45) is 1.33. The summed E-state index contributed by atoms with van der Waals surface area (Å²) in [5, 5.41) is 2.57. The van der Waals surface area contributed by atoms with Gasteiger partial charge in [-0.2, -0.15) is 4.31 Å². The van der Waals surface area contributed by atoms with Gasteiger partial charge < -0.3 is 14.8 Å². The van der Waals surface area contributed by atoms with Gasteiger partial charge in [0.05, 0.1) is 24.2 Å². The molecule has 2 rings (SSSR count). The zero-order valence-electron chi connectivity index (χ0n) is 14.2. The fourth-order valence-electron chi connectivity index (χ4n) is 3.21. The minimum absolute atomic E-state index is 0.0700. The highest BCUT2D eigenvalue weighted by Crippen LogP contribution is 2.38. The van der Waals surface area contributed by atoms with E-state index in [2.05, 4.69) is 5.32 Å². The fraction of sp³-hybridized carbons (Fsp3) is 0.562. The number of hydrogen-bond donors (Lipinski definition) is 1. The summed E-state index contributed by atoms with van der Waals surface area (Å²) in [5.41, 5.74) is -0.864. The Labute approximate surface area is 143 Å². The SMILES string of the molecule is CNC(=O)C[C@@]1(COC)CCCN1S(=O)(=O)c1cccc(OC)c1. The van der Waals surface area contributed by atoms with Gasteiger partial charge in [-0.1, -0.05) is 6.07 Å². The van der Waals surface area contributed by atoms with Gasteiger partial charge in [-0.05, 0) is 25.0 Å². The zero-order chi connectivity index (χ0) is 17.8. The Balaban J connectivity index is 2.43. The average Bonchev–Trinajstić information content (AvgIpc) is 2.99. The highest BCUT2D eigenvalue weighted by molar-refractivity contribution is 7.89. The molecule has 1 N–H and O–H groups in total. The summed E-state index contributed by atoms with van der Waals surface area (Å²) in [6, 6.07) is 6.35. The first-order valence-electron chi connectivity index (χ1n) is 7.76. The molecular formula is C16H24N2O5S. The van der Waals surface area contributed by atoms with Crippen molar-refractivity contribution in [3.63, 3.8) is 0 Å². The van der Waals surface area contributed by atoms with E-state index in [1.165, 1.54) is 30.7 Å². The van der Waals surface area contributed by atoms with Crippen LogP contribution in [0.4, 0.5) is 0 Å². The number of sulfonamides is 1. The molecule has 8 heteroatoms. The monoisotopic (exact) mass is 356 g/mol. The van der Waals surface area contributed by atoms with Crippen LogP contribution < -0.4 is 10.1 Å². The molecule has 1 atom stereocenters. The largest absolute Gasteiger partial charge is 0.497 e. The van der Waals surface area contributed by atoms with Crippen molar-refractivity contribution >= 4 is 15.9 Å². The number of nitrogens with zero attached hydrogens (tertiary/aromatic N) is 1. The number of benzene rings is 1. The lowest BCUT2D eigenvalue weighted by atomic mass is 9.94. The van der Waals surface area contributed by atoms with E-state index in [1.807, 2.05) is 0 Å². The van der Waals surface area contributed by atoms with Crippen molar-refractivity contribution in [3.05, 3.63) is 24.3 Å². The first kappa shape index (κ1) is 18.7. The van der Waals surface area contributed by atoms with E-state index in [4.69, 9.17) is 9.47 Å². The van der Waals surface area contributed by atoms with E-state index < -0.39 is 15.6 Å². The molecule has 1 fully saturated rings. The van der Waals surface area contributed by atoms with Gasteiger partial charge in [-0.3, -0.25) is 4.79 Å². The standard InChI is InChI=1S/C16H24N2O5S/c1-17-15(19)11-16(12-22-2)8-5-9-18(16)24(20,21)14-7-4-6-13(10-14)23-3/h4,6-7,10H,5,8-9,11-12H2,1-3H3,(H,17,19)/t16-/m1/s1. The third-order valence-corrected chi connectivity index (χ3v) is 6.34. The zero-order valence-corrected chi connectivity index (χ0v) is 15.1. The second-order valence-electron chi connectivity index (χ2n) is 5.87. The lowest BCUT2D eigenvalue weighted by molar-refractivity contribution is -0.123. The maximum absolute atomic E-state index is 13.1. The molecule has 0 radical (unpaired) electrons.